The van der Waals surface area contributed by atoms with Gasteiger partial charge in [-0.2, -0.15) is 0 Å². The van der Waals surface area contributed by atoms with E-state index in [1.165, 1.54) is 0 Å². The van der Waals surface area contributed by atoms with E-state index in [0.717, 1.165) is 36.8 Å². The van der Waals surface area contributed by atoms with E-state index in [2.05, 4.69) is 9.97 Å². The minimum absolute atomic E-state index is 0.0582. The molecule has 2 unspecified atom stereocenters. The molecule has 0 spiro atoms. The van der Waals surface area contributed by atoms with Gasteiger partial charge in [0, 0.05) is 18.7 Å². The summed E-state index contributed by atoms with van der Waals surface area (Å²) in [4.78, 5) is 8.61. The smallest absolute Gasteiger partial charge is 0.214 e. The van der Waals surface area contributed by atoms with Crippen LogP contribution in [0.5, 0.6) is 0 Å². The Kier molecular flexibility index (Phi) is 3.58. The van der Waals surface area contributed by atoms with Crippen LogP contribution in [0.3, 0.4) is 0 Å². The minimum atomic E-state index is -0.0582. The average molecular weight is 276 g/mol. The molecule has 2 atom stereocenters. The summed E-state index contributed by atoms with van der Waals surface area (Å²) in [6, 6.07) is -0.0582. The predicted octanol–water partition coefficient (Wildman–Crippen LogP) is 1.57. The molecule has 20 heavy (non-hydrogen) atoms. The van der Waals surface area contributed by atoms with Crippen LogP contribution in [0.4, 0.5) is 0 Å². The Labute approximate surface area is 118 Å². The lowest BCUT2D eigenvalue weighted by atomic mass is 9.97. The third kappa shape index (κ3) is 2.48. The van der Waals surface area contributed by atoms with Crippen molar-refractivity contribution in [3.8, 4) is 0 Å². The van der Waals surface area contributed by atoms with Crippen LogP contribution in [0, 0.1) is 19.8 Å². The van der Waals surface area contributed by atoms with Crippen molar-refractivity contribution in [2.45, 2.75) is 32.9 Å². The number of ether oxygens (including phenoxy) is 1. The summed E-state index contributed by atoms with van der Waals surface area (Å²) in [7, 11) is 0. The van der Waals surface area contributed by atoms with Gasteiger partial charge in [-0.15, -0.1) is 0 Å². The molecule has 108 valence electrons. The fourth-order valence-electron chi connectivity index (χ4n) is 2.57. The predicted molar refractivity (Wildman–Crippen MR) is 73.2 cm³/mol. The number of oxazole rings is 1. The van der Waals surface area contributed by atoms with Gasteiger partial charge in [0.1, 0.15) is 12.3 Å². The summed E-state index contributed by atoms with van der Waals surface area (Å²) in [5, 5.41) is 0. The molecule has 6 nitrogen and oxygen atoms in total. The molecule has 0 amide bonds. The van der Waals surface area contributed by atoms with E-state index < -0.39 is 0 Å². The van der Waals surface area contributed by atoms with Gasteiger partial charge in [-0.3, -0.25) is 0 Å². The normalized spacial score (nSPS) is 20.4. The fourth-order valence-corrected chi connectivity index (χ4v) is 2.57. The van der Waals surface area contributed by atoms with Crippen molar-refractivity contribution in [2.24, 2.45) is 11.7 Å². The van der Waals surface area contributed by atoms with Gasteiger partial charge in [-0.1, -0.05) is 0 Å². The van der Waals surface area contributed by atoms with Gasteiger partial charge in [0.2, 0.25) is 5.89 Å². The van der Waals surface area contributed by atoms with Gasteiger partial charge in [-0.05, 0) is 20.3 Å². The monoisotopic (exact) mass is 276 g/mol. The van der Waals surface area contributed by atoms with E-state index in [0.29, 0.717) is 18.4 Å². The summed E-state index contributed by atoms with van der Waals surface area (Å²) < 4.78 is 13.0. The lowest BCUT2D eigenvalue weighted by Gasteiger charge is -2.18. The summed E-state index contributed by atoms with van der Waals surface area (Å²) in [6.07, 6.45) is 4.61. The van der Waals surface area contributed by atoms with Gasteiger partial charge in [0.25, 0.3) is 0 Å². The van der Waals surface area contributed by atoms with Crippen molar-refractivity contribution < 1.29 is 9.15 Å². The lowest BCUT2D eigenvalue weighted by molar-refractivity contribution is 0.180. The number of aromatic nitrogens is 3. The molecule has 0 aromatic carbocycles. The first kappa shape index (κ1) is 13.3. The van der Waals surface area contributed by atoms with Crippen LogP contribution in [0.25, 0.3) is 0 Å². The third-order valence-electron chi connectivity index (χ3n) is 3.94. The maximum absolute atomic E-state index is 6.34. The Morgan fingerprint density at radius 3 is 3.00 bits per heavy atom. The molecular weight excluding hydrogens is 256 g/mol. The van der Waals surface area contributed by atoms with Crippen LogP contribution in [0.1, 0.15) is 35.5 Å². The summed E-state index contributed by atoms with van der Waals surface area (Å²) in [6.45, 7) is 5.94. The highest BCUT2D eigenvalue weighted by Gasteiger charge is 2.26. The second-order valence-electron chi connectivity index (χ2n) is 5.35. The van der Waals surface area contributed by atoms with Crippen LogP contribution < -0.4 is 5.73 Å². The molecule has 1 fully saturated rings. The third-order valence-corrected chi connectivity index (χ3v) is 3.94. The molecule has 3 heterocycles. The van der Waals surface area contributed by atoms with Gasteiger partial charge >= 0.3 is 0 Å². The van der Waals surface area contributed by atoms with Crippen molar-refractivity contribution in [2.75, 3.05) is 13.2 Å². The molecule has 0 saturated carbocycles. The van der Waals surface area contributed by atoms with Crippen molar-refractivity contribution in [3.05, 3.63) is 35.6 Å². The highest BCUT2D eigenvalue weighted by atomic mass is 16.5. The molecule has 2 aromatic rings. The zero-order valence-electron chi connectivity index (χ0n) is 11.9. The molecule has 1 saturated heterocycles. The summed E-state index contributed by atoms with van der Waals surface area (Å²) in [5.41, 5.74) is 8.28. The number of hydrogen-bond acceptors (Lipinski definition) is 5. The topological polar surface area (TPSA) is 79.1 Å². The number of nitrogens with two attached hydrogens (primary N) is 1. The maximum Gasteiger partial charge on any atom is 0.214 e. The first-order valence-corrected chi connectivity index (χ1v) is 6.91. The van der Waals surface area contributed by atoms with Crippen LogP contribution >= 0.6 is 0 Å². The zero-order chi connectivity index (χ0) is 14.1. The first-order valence-electron chi connectivity index (χ1n) is 6.91. The molecule has 2 aromatic heterocycles. The summed E-state index contributed by atoms with van der Waals surface area (Å²) >= 11 is 0. The van der Waals surface area contributed by atoms with Crippen LogP contribution in [-0.2, 0) is 11.3 Å². The molecule has 1 aliphatic rings. The number of hydrogen-bond donors (Lipinski definition) is 1. The van der Waals surface area contributed by atoms with Gasteiger partial charge < -0.3 is 19.5 Å². The number of aryl methyl sites for hydroxylation is 2. The molecule has 2 N–H and O–H groups in total. The maximum atomic E-state index is 6.34. The number of nitrogens with zero attached hydrogens (tertiary/aromatic N) is 3. The average Bonchev–Trinajstić information content (AvgIpc) is 3.13. The van der Waals surface area contributed by atoms with Crippen molar-refractivity contribution in [1.29, 1.82) is 0 Å². The fraction of sp³-hybridized carbons (Fsp3) is 0.571. The van der Waals surface area contributed by atoms with E-state index in [-0.39, 0.29) is 6.04 Å². The van der Waals surface area contributed by atoms with E-state index >= 15 is 0 Å². The molecule has 0 radical (unpaired) electrons. The minimum Gasteiger partial charge on any atom is -0.444 e. The van der Waals surface area contributed by atoms with Crippen molar-refractivity contribution >= 4 is 0 Å². The Morgan fingerprint density at radius 1 is 1.50 bits per heavy atom. The zero-order valence-corrected chi connectivity index (χ0v) is 11.9. The second kappa shape index (κ2) is 5.38. The largest absolute Gasteiger partial charge is 0.444 e. The van der Waals surface area contributed by atoms with E-state index in [1.807, 2.05) is 24.6 Å². The van der Waals surface area contributed by atoms with E-state index in [1.54, 1.807) is 6.33 Å². The van der Waals surface area contributed by atoms with Crippen molar-refractivity contribution in [1.82, 2.24) is 14.5 Å². The van der Waals surface area contributed by atoms with Crippen LogP contribution in [-0.4, -0.2) is 27.7 Å². The quantitative estimate of drug-likeness (QED) is 0.917. The van der Waals surface area contributed by atoms with Crippen LogP contribution in [0.2, 0.25) is 0 Å². The first-order chi connectivity index (χ1) is 9.65. The molecule has 0 bridgehead atoms. The highest BCUT2D eigenvalue weighted by Crippen LogP contribution is 2.26. The van der Waals surface area contributed by atoms with Crippen LogP contribution in [0.15, 0.2) is 16.9 Å². The highest BCUT2D eigenvalue weighted by molar-refractivity contribution is 5.10. The SMILES string of the molecule is Cc1nc(Cn2cncc2C(N)C2CCOC2)oc1C. The number of imidazole rings is 1. The number of rotatable bonds is 4. The van der Waals surface area contributed by atoms with Gasteiger partial charge in [0.05, 0.1) is 30.4 Å². The van der Waals surface area contributed by atoms with Gasteiger partial charge in [-0.25, -0.2) is 9.97 Å². The van der Waals surface area contributed by atoms with Gasteiger partial charge in [0.15, 0.2) is 0 Å². The molecule has 3 rings (SSSR count). The van der Waals surface area contributed by atoms with E-state index in [4.69, 9.17) is 14.9 Å². The van der Waals surface area contributed by atoms with Crippen molar-refractivity contribution in [3.63, 3.8) is 0 Å². The summed E-state index contributed by atoms with van der Waals surface area (Å²) in [5.74, 6) is 1.91. The molecule has 1 aliphatic heterocycles. The molecular formula is C14H20N4O2. The second-order valence-corrected chi connectivity index (χ2v) is 5.35. The molecule has 0 aliphatic carbocycles. The standard InChI is InChI=1S/C14H20N4O2/c1-9-10(2)20-13(17-9)6-18-8-16-5-12(18)14(15)11-3-4-19-7-11/h5,8,11,14H,3-4,6-7,15H2,1-2H3. The van der Waals surface area contributed by atoms with E-state index in [9.17, 15) is 0 Å². The Balaban J connectivity index is 1.79. The molecule has 6 heteroatoms. The lowest BCUT2D eigenvalue weighted by Crippen LogP contribution is -2.24. The Hall–Kier alpha value is -1.66. The Morgan fingerprint density at radius 2 is 2.35 bits per heavy atom. The Bertz CT molecular complexity index is 564.